The molecule has 0 atom stereocenters. The van der Waals surface area contributed by atoms with Crippen LogP contribution in [-0.2, 0) is 30.2 Å². The molecule has 0 aliphatic heterocycles. The van der Waals surface area contributed by atoms with Crippen molar-refractivity contribution in [3.63, 3.8) is 0 Å². The van der Waals surface area contributed by atoms with Crippen LogP contribution in [0.15, 0.2) is 76.5 Å². The molecule has 0 saturated heterocycles. The van der Waals surface area contributed by atoms with Gasteiger partial charge in [0.1, 0.15) is 18.1 Å². The first-order valence-electron chi connectivity index (χ1n) is 8.88. The topological polar surface area (TPSA) is 79.5 Å². The molecule has 1 aromatic heterocycles. The Balaban J connectivity index is 1.68. The second-order valence-corrected chi connectivity index (χ2v) is 6.31. The summed E-state index contributed by atoms with van der Waals surface area (Å²) in [6.45, 7) is 0.0114. The molecule has 0 amide bonds. The Hall–Kier alpha value is -3.87. The summed E-state index contributed by atoms with van der Waals surface area (Å²) < 4.78 is 13.3. The van der Waals surface area contributed by atoms with Crippen LogP contribution in [0.3, 0.4) is 0 Å². The van der Waals surface area contributed by atoms with E-state index in [1.165, 1.54) is 30.9 Å². The quantitative estimate of drug-likeness (QED) is 0.476. The van der Waals surface area contributed by atoms with Crippen LogP contribution in [0.4, 0.5) is 0 Å². The lowest BCUT2D eigenvalue weighted by molar-refractivity contribution is -0.138. The van der Waals surface area contributed by atoms with E-state index in [0.29, 0.717) is 17.1 Å². The lowest BCUT2D eigenvalue weighted by Gasteiger charge is -2.11. The van der Waals surface area contributed by atoms with E-state index in [9.17, 15) is 14.4 Å². The summed E-state index contributed by atoms with van der Waals surface area (Å²) in [5, 5.41) is 0. The van der Waals surface area contributed by atoms with Gasteiger partial charge in [-0.15, -0.1) is 0 Å². The van der Waals surface area contributed by atoms with Gasteiger partial charge >= 0.3 is 11.7 Å². The van der Waals surface area contributed by atoms with Crippen molar-refractivity contribution in [3.05, 3.63) is 98.8 Å². The number of esters is 1. The summed E-state index contributed by atoms with van der Waals surface area (Å²) in [6, 6.07) is 16.5. The van der Waals surface area contributed by atoms with E-state index >= 15 is 0 Å². The van der Waals surface area contributed by atoms with Crippen molar-refractivity contribution < 1.29 is 14.3 Å². The average molecular weight is 392 g/mol. The molecule has 148 valence electrons. The lowest BCUT2D eigenvalue weighted by Crippen LogP contribution is -2.37. The predicted molar refractivity (Wildman–Crippen MR) is 109 cm³/mol. The molecule has 0 unspecified atom stereocenters. The fraction of sp³-hybridized carbons (Fsp3) is 0.136. The number of hydrogen-bond acceptors (Lipinski definition) is 5. The van der Waals surface area contributed by atoms with E-state index in [1.54, 1.807) is 12.1 Å². The van der Waals surface area contributed by atoms with Crippen molar-refractivity contribution >= 4 is 12.0 Å². The molecule has 0 aliphatic rings. The molecular formula is C22H20N2O5. The van der Waals surface area contributed by atoms with E-state index < -0.39 is 17.2 Å². The van der Waals surface area contributed by atoms with Crippen molar-refractivity contribution in [2.45, 2.75) is 6.61 Å². The molecule has 0 bridgehead atoms. The second kappa shape index (κ2) is 8.88. The maximum absolute atomic E-state index is 12.1. The molecular weight excluding hydrogens is 372 g/mol. The minimum Gasteiger partial charge on any atom is -0.458 e. The summed E-state index contributed by atoms with van der Waals surface area (Å²) in [4.78, 5) is 35.9. The number of nitrogens with zero attached hydrogens (tertiary/aromatic N) is 2. The highest BCUT2D eigenvalue weighted by atomic mass is 16.5. The monoisotopic (exact) mass is 392 g/mol. The van der Waals surface area contributed by atoms with Crippen LogP contribution in [0.5, 0.6) is 11.5 Å². The number of carbonyl (C=O) groups is 1. The van der Waals surface area contributed by atoms with E-state index in [0.717, 1.165) is 10.6 Å². The van der Waals surface area contributed by atoms with Crippen LogP contribution in [0.25, 0.3) is 6.08 Å². The van der Waals surface area contributed by atoms with Crippen molar-refractivity contribution in [2.24, 2.45) is 14.1 Å². The van der Waals surface area contributed by atoms with Crippen LogP contribution in [-0.4, -0.2) is 15.1 Å². The molecule has 2 aromatic carbocycles. The largest absolute Gasteiger partial charge is 0.458 e. The molecule has 29 heavy (non-hydrogen) atoms. The third-order valence-electron chi connectivity index (χ3n) is 4.19. The van der Waals surface area contributed by atoms with Gasteiger partial charge in [-0.1, -0.05) is 36.4 Å². The molecule has 3 rings (SSSR count). The Morgan fingerprint density at radius 1 is 1.00 bits per heavy atom. The van der Waals surface area contributed by atoms with Gasteiger partial charge in [-0.2, -0.15) is 0 Å². The van der Waals surface area contributed by atoms with Gasteiger partial charge in [0, 0.05) is 31.9 Å². The van der Waals surface area contributed by atoms with Gasteiger partial charge in [0.25, 0.3) is 5.56 Å². The van der Waals surface area contributed by atoms with E-state index in [-0.39, 0.29) is 12.2 Å². The molecule has 0 aliphatic carbocycles. The molecule has 1 heterocycles. The first kappa shape index (κ1) is 19.9. The smallest absolute Gasteiger partial charge is 0.331 e. The van der Waals surface area contributed by atoms with E-state index in [4.69, 9.17) is 9.47 Å². The first-order valence-corrected chi connectivity index (χ1v) is 8.88. The number of carbonyl (C=O) groups excluding carboxylic acids is 1. The number of para-hydroxylation sites is 2. The highest BCUT2D eigenvalue weighted by Gasteiger charge is 2.08. The van der Waals surface area contributed by atoms with Crippen molar-refractivity contribution in [1.82, 2.24) is 9.13 Å². The molecule has 0 saturated carbocycles. The molecule has 7 nitrogen and oxygen atoms in total. The normalized spacial score (nSPS) is 10.8. The molecule has 0 N–H and O–H groups in total. The van der Waals surface area contributed by atoms with E-state index in [2.05, 4.69) is 0 Å². The SMILES string of the molecule is Cn1cc(/C=C/C(=O)OCc2ccccc2Oc2ccccc2)c(=O)n(C)c1=O. The number of aryl methyl sites for hydroxylation is 1. The maximum atomic E-state index is 12.1. The summed E-state index contributed by atoms with van der Waals surface area (Å²) in [5.74, 6) is 0.648. The van der Waals surface area contributed by atoms with Gasteiger partial charge in [0.05, 0.1) is 5.56 Å². The van der Waals surface area contributed by atoms with Crippen molar-refractivity contribution in [2.75, 3.05) is 0 Å². The Labute approximate surface area is 167 Å². The number of rotatable bonds is 6. The van der Waals surface area contributed by atoms with Crippen LogP contribution in [0.2, 0.25) is 0 Å². The number of ether oxygens (including phenoxy) is 2. The van der Waals surface area contributed by atoms with Crippen LogP contribution in [0, 0.1) is 0 Å². The number of aromatic nitrogens is 2. The van der Waals surface area contributed by atoms with Gasteiger partial charge < -0.3 is 14.0 Å². The molecule has 3 aromatic rings. The molecule has 0 radical (unpaired) electrons. The van der Waals surface area contributed by atoms with E-state index in [1.807, 2.05) is 42.5 Å². The Kier molecular flexibility index (Phi) is 6.09. The highest BCUT2D eigenvalue weighted by molar-refractivity contribution is 5.86. The highest BCUT2D eigenvalue weighted by Crippen LogP contribution is 2.25. The summed E-state index contributed by atoms with van der Waals surface area (Å²) in [5.41, 5.74) is -0.0148. The Morgan fingerprint density at radius 3 is 2.45 bits per heavy atom. The summed E-state index contributed by atoms with van der Waals surface area (Å²) >= 11 is 0. The molecule has 0 fully saturated rings. The first-order chi connectivity index (χ1) is 14.0. The van der Waals surface area contributed by atoms with Gasteiger partial charge in [-0.05, 0) is 24.3 Å². The zero-order valence-corrected chi connectivity index (χ0v) is 16.1. The minimum absolute atomic E-state index is 0.0114. The molecule has 0 spiro atoms. The van der Waals surface area contributed by atoms with Crippen molar-refractivity contribution in [1.29, 1.82) is 0 Å². The third-order valence-corrected chi connectivity index (χ3v) is 4.19. The van der Waals surface area contributed by atoms with Gasteiger partial charge in [0.2, 0.25) is 0 Å². The zero-order chi connectivity index (χ0) is 20.8. The lowest BCUT2D eigenvalue weighted by atomic mass is 10.2. The summed E-state index contributed by atoms with van der Waals surface area (Å²) in [7, 11) is 2.91. The maximum Gasteiger partial charge on any atom is 0.331 e. The van der Waals surface area contributed by atoms with Crippen molar-refractivity contribution in [3.8, 4) is 11.5 Å². The fourth-order valence-corrected chi connectivity index (χ4v) is 2.64. The number of hydrogen-bond donors (Lipinski definition) is 0. The Morgan fingerprint density at radius 2 is 1.69 bits per heavy atom. The van der Waals surface area contributed by atoms with Gasteiger partial charge in [-0.3, -0.25) is 9.36 Å². The zero-order valence-electron chi connectivity index (χ0n) is 16.1. The average Bonchev–Trinajstić information content (AvgIpc) is 2.74. The summed E-state index contributed by atoms with van der Waals surface area (Å²) in [6.07, 6.45) is 3.86. The predicted octanol–water partition coefficient (Wildman–Crippen LogP) is 2.63. The number of benzene rings is 2. The van der Waals surface area contributed by atoms with Crippen LogP contribution < -0.4 is 16.0 Å². The third kappa shape index (κ3) is 4.90. The standard InChI is InChI=1S/C22H20N2O5/c1-23-14-16(21(26)24(2)22(23)27)12-13-20(25)28-15-17-8-6-7-11-19(17)29-18-9-4-3-5-10-18/h3-14H,15H2,1-2H3/b13-12+. The van der Waals surface area contributed by atoms with Crippen LogP contribution in [0.1, 0.15) is 11.1 Å². The van der Waals surface area contributed by atoms with Gasteiger partial charge in [0.15, 0.2) is 0 Å². The van der Waals surface area contributed by atoms with Crippen LogP contribution >= 0.6 is 0 Å². The fourth-order valence-electron chi connectivity index (χ4n) is 2.64. The van der Waals surface area contributed by atoms with Gasteiger partial charge in [-0.25, -0.2) is 9.59 Å². The molecule has 7 heteroatoms. The minimum atomic E-state index is -0.615. The second-order valence-electron chi connectivity index (χ2n) is 6.31. The Bertz CT molecular complexity index is 1160.